The number of benzene rings is 1. The number of ether oxygens (including phenoxy) is 1. The van der Waals surface area contributed by atoms with Crippen LogP contribution in [0.4, 0.5) is 4.39 Å². The second-order valence-electron chi connectivity index (χ2n) is 6.70. The molecular formula is C19H20FN5O3. The molecule has 0 spiro atoms. The van der Waals surface area contributed by atoms with E-state index in [0.29, 0.717) is 49.4 Å². The van der Waals surface area contributed by atoms with Crippen molar-refractivity contribution in [1.82, 2.24) is 24.6 Å². The molecule has 146 valence electrons. The van der Waals surface area contributed by atoms with Gasteiger partial charge in [-0.1, -0.05) is 5.16 Å². The van der Waals surface area contributed by atoms with Crippen LogP contribution < -0.4 is 4.74 Å². The third-order valence-electron chi connectivity index (χ3n) is 4.73. The fourth-order valence-electron chi connectivity index (χ4n) is 3.19. The first-order valence-corrected chi connectivity index (χ1v) is 9.07. The molecule has 4 rings (SSSR count). The van der Waals surface area contributed by atoms with Crippen molar-refractivity contribution in [3.8, 4) is 5.75 Å². The summed E-state index contributed by atoms with van der Waals surface area (Å²) in [6.45, 7) is 1.51. The molecule has 3 heterocycles. The predicted molar refractivity (Wildman–Crippen MR) is 96.4 cm³/mol. The number of carbonyl (C=O) groups is 1. The molecule has 0 N–H and O–H groups in total. The zero-order valence-electron chi connectivity index (χ0n) is 15.4. The SMILES string of the molecule is Cn1ccnc1C(=O)N1CCC(c2nc(CCOc3ccc(F)cc3)no2)C1. The van der Waals surface area contributed by atoms with Crippen molar-refractivity contribution < 1.29 is 18.4 Å². The topological polar surface area (TPSA) is 86.3 Å². The molecule has 1 aliphatic heterocycles. The molecule has 0 bridgehead atoms. The van der Waals surface area contributed by atoms with E-state index in [1.807, 2.05) is 0 Å². The van der Waals surface area contributed by atoms with E-state index in [4.69, 9.17) is 9.26 Å². The molecule has 9 heteroatoms. The number of likely N-dealkylation sites (tertiary alicyclic amines) is 1. The van der Waals surface area contributed by atoms with Crippen molar-refractivity contribution in [2.75, 3.05) is 19.7 Å². The van der Waals surface area contributed by atoms with Crippen molar-refractivity contribution in [2.24, 2.45) is 7.05 Å². The summed E-state index contributed by atoms with van der Waals surface area (Å²) in [4.78, 5) is 22.8. The van der Waals surface area contributed by atoms with Gasteiger partial charge in [0.1, 0.15) is 11.6 Å². The molecule has 1 unspecified atom stereocenters. The smallest absolute Gasteiger partial charge is 0.289 e. The number of rotatable bonds is 6. The van der Waals surface area contributed by atoms with Crippen molar-refractivity contribution in [3.05, 3.63) is 60.0 Å². The summed E-state index contributed by atoms with van der Waals surface area (Å²) in [5.74, 6) is 1.71. The van der Waals surface area contributed by atoms with Gasteiger partial charge in [0.05, 0.1) is 12.5 Å². The van der Waals surface area contributed by atoms with Crippen LogP contribution in [0.1, 0.15) is 34.7 Å². The summed E-state index contributed by atoms with van der Waals surface area (Å²) in [7, 11) is 1.80. The average molecular weight is 385 g/mol. The van der Waals surface area contributed by atoms with E-state index in [1.54, 1.807) is 41.0 Å². The summed E-state index contributed by atoms with van der Waals surface area (Å²) in [6, 6.07) is 5.84. The highest BCUT2D eigenvalue weighted by Gasteiger charge is 2.32. The highest BCUT2D eigenvalue weighted by molar-refractivity contribution is 5.91. The number of aromatic nitrogens is 4. The third kappa shape index (κ3) is 3.88. The summed E-state index contributed by atoms with van der Waals surface area (Å²) >= 11 is 0. The third-order valence-corrected chi connectivity index (χ3v) is 4.73. The first-order chi connectivity index (χ1) is 13.6. The van der Waals surface area contributed by atoms with Gasteiger partial charge in [-0.2, -0.15) is 4.98 Å². The van der Waals surface area contributed by atoms with Gasteiger partial charge in [-0.05, 0) is 30.7 Å². The lowest BCUT2D eigenvalue weighted by atomic mass is 10.1. The normalized spacial score (nSPS) is 16.5. The van der Waals surface area contributed by atoms with Crippen LogP contribution in [-0.4, -0.2) is 50.2 Å². The fourth-order valence-corrected chi connectivity index (χ4v) is 3.19. The van der Waals surface area contributed by atoms with Crippen LogP contribution in [0, 0.1) is 5.82 Å². The molecule has 0 aliphatic carbocycles. The van der Waals surface area contributed by atoms with Gasteiger partial charge in [0.15, 0.2) is 11.6 Å². The number of hydrogen-bond donors (Lipinski definition) is 0. The van der Waals surface area contributed by atoms with Crippen molar-refractivity contribution in [3.63, 3.8) is 0 Å². The molecular weight excluding hydrogens is 365 g/mol. The molecule has 8 nitrogen and oxygen atoms in total. The predicted octanol–water partition coefficient (Wildman–Crippen LogP) is 2.19. The maximum absolute atomic E-state index is 12.9. The van der Waals surface area contributed by atoms with E-state index < -0.39 is 0 Å². The van der Waals surface area contributed by atoms with Crippen LogP contribution in [0.3, 0.4) is 0 Å². The van der Waals surface area contributed by atoms with E-state index in [-0.39, 0.29) is 17.6 Å². The monoisotopic (exact) mass is 385 g/mol. The molecule has 1 aromatic carbocycles. The molecule has 1 atom stereocenters. The first-order valence-electron chi connectivity index (χ1n) is 9.07. The maximum atomic E-state index is 12.9. The van der Waals surface area contributed by atoms with Crippen molar-refractivity contribution >= 4 is 5.91 Å². The van der Waals surface area contributed by atoms with Crippen molar-refractivity contribution in [2.45, 2.75) is 18.8 Å². The molecule has 1 aliphatic rings. The molecule has 3 aromatic rings. The lowest BCUT2D eigenvalue weighted by Gasteiger charge is -2.15. The number of hydrogen-bond acceptors (Lipinski definition) is 6. The second-order valence-corrected chi connectivity index (χ2v) is 6.70. The standard InChI is InChI=1S/C19H20FN5O3/c1-24-10-8-21-17(24)19(26)25-9-6-13(12-25)18-22-16(23-28-18)7-11-27-15-4-2-14(20)3-5-15/h2-5,8,10,13H,6-7,9,11-12H2,1H3. The molecule has 28 heavy (non-hydrogen) atoms. The Morgan fingerprint density at radius 1 is 1.36 bits per heavy atom. The van der Waals surface area contributed by atoms with Crippen LogP contribution in [-0.2, 0) is 13.5 Å². The molecule has 0 radical (unpaired) electrons. The number of amides is 1. The van der Waals surface area contributed by atoms with Crippen molar-refractivity contribution in [1.29, 1.82) is 0 Å². The number of halogens is 1. The minimum Gasteiger partial charge on any atom is -0.493 e. The Morgan fingerprint density at radius 3 is 2.93 bits per heavy atom. The fraction of sp³-hybridized carbons (Fsp3) is 0.368. The van der Waals surface area contributed by atoms with Crippen LogP contribution in [0.25, 0.3) is 0 Å². The Morgan fingerprint density at radius 2 is 2.18 bits per heavy atom. The molecule has 1 saturated heterocycles. The quantitative estimate of drug-likeness (QED) is 0.647. The van der Waals surface area contributed by atoms with Crippen LogP contribution >= 0.6 is 0 Å². The minimum atomic E-state index is -0.304. The van der Waals surface area contributed by atoms with E-state index in [1.165, 1.54) is 12.1 Å². The average Bonchev–Trinajstić information content (AvgIpc) is 3.43. The molecule has 0 saturated carbocycles. The Balaban J connectivity index is 1.30. The lowest BCUT2D eigenvalue weighted by Crippen LogP contribution is -2.30. The summed E-state index contributed by atoms with van der Waals surface area (Å²) in [5, 5.41) is 3.99. The number of carbonyl (C=O) groups excluding carboxylic acids is 1. The summed E-state index contributed by atoms with van der Waals surface area (Å²) in [6.07, 6.45) is 4.60. The van der Waals surface area contributed by atoms with E-state index >= 15 is 0 Å². The van der Waals surface area contributed by atoms with Crippen LogP contribution in [0.5, 0.6) is 5.75 Å². The van der Waals surface area contributed by atoms with Crippen LogP contribution in [0.2, 0.25) is 0 Å². The molecule has 1 amide bonds. The maximum Gasteiger partial charge on any atom is 0.289 e. The molecule has 2 aromatic heterocycles. The Bertz CT molecular complexity index is 953. The zero-order chi connectivity index (χ0) is 19.5. The number of imidazole rings is 1. The highest BCUT2D eigenvalue weighted by Crippen LogP contribution is 2.27. The second kappa shape index (κ2) is 7.79. The zero-order valence-corrected chi connectivity index (χ0v) is 15.4. The Labute approximate surface area is 160 Å². The van der Waals surface area contributed by atoms with Gasteiger partial charge >= 0.3 is 0 Å². The van der Waals surface area contributed by atoms with Crippen LogP contribution in [0.15, 0.2) is 41.2 Å². The van der Waals surface area contributed by atoms with E-state index in [9.17, 15) is 9.18 Å². The Hall–Kier alpha value is -3.23. The Kier molecular flexibility index (Phi) is 5.05. The highest BCUT2D eigenvalue weighted by atomic mass is 19.1. The van der Waals surface area contributed by atoms with Gasteiger partial charge in [-0.3, -0.25) is 4.79 Å². The van der Waals surface area contributed by atoms with E-state index in [2.05, 4.69) is 15.1 Å². The minimum absolute atomic E-state index is 0.0171. The number of nitrogens with zero attached hydrogens (tertiary/aromatic N) is 5. The van der Waals surface area contributed by atoms with Gasteiger partial charge in [0.2, 0.25) is 5.89 Å². The number of aryl methyl sites for hydroxylation is 1. The van der Waals surface area contributed by atoms with Gasteiger partial charge in [-0.15, -0.1) is 0 Å². The summed E-state index contributed by atoms with van der Waals surface area (Å²) in [5.41, 5.74) is 0. The lowest BCUT2D eigenvalue weighted by molar-refractivity contribution is 0.0774. The van der Waals surface area contributed by atoms with Gasteiger partial charge < -0.3 is 18.7 Å². The molecule has 1 fully saturated rings. The van der Waals surface area contributed by atoms with Gasteiger partial charge in [-0.25, -0.2) is 9.37 Å². The summed E-state index contributed by atoms with van der Waals surface area (Å²) < 4.78 is 25.5. The van der Waals surface area contributed by atoms with E-state index in [0.717, 1.165) is 6.42 Å². The van der Waals surface area contributed by atoms with Gasteiger partial charge in [0, 0.05) is 39.0 Å². The van der Waals surface area contributed by atoms with Gasteiger partial charge in [0.25, 0.3) is 5.91 Å². The largest absolute Gasteiger partial charge is 0.493 e. The first kappa shape index (κ1) is 18.1.